The van der Waals surface area contributed by atoms with Gasteiger partial charge in [-0.1, -0.05) is 0 Å². The lowest BCUT2D eigenvalue weighted by Gasteiger charge is -2.26. The highest BCUT2D eigenvalue weighted by Gasteiger charge is 2.23. The van der Waals surface area contributed by atoms with Gasteiger partial charge >= 0.3 is 6.61 Å². The van der Waals surface area contributed by atoms with Crippen molar-refractivity contribution in [2.75, 3.05) is 26.1 Å². The number of hydrogen-bond donors (Lipinski definition) is 3. The first-order valence-electron chi connectivity index (χ1n) is 8.87. The van der Waals surface area contributed by atoms with Crippen molar-refractivity contribution in [1.29, 1.82) is 0 Å². The molecule has 0 bridgehead atoms. The Kier molecular flexibility index (Phi) is 9.81. The SMILES string of the molecule is CCNC(=NCc1cc2c(cc1OC(F)F)OCO2)NCC(C)(C)NS(C)(=O)=O.I. The molecule has 0 aliphatic carbocycles. The average Bonchev–Trinajstić information content (AvgIpc) is 3.01. The monoisotopic (exact) mass is 564 g/mol. The molecule has 1 aliphatic rings. The number of rotatable bonds is 9. The average molecular weight is 564 g/mol. The zero-order chi connectivity index (χ0) is 21.7. The second kappa shape index (κ2) is 11.1. The Labute approximate surface area is 192 Å². The van der Waals surface area contributed by atoms with E-state index in [0.717, 1.165) is 6.26 Å². The van der Waals surface area contributed by atoms with Gasteiger partial charge in [-0.05, 0) is 26.8 Å². The third kappa shape index (κ3) is 8.63. The maximum Gasteiger partial charge on any atom is 0.387 e. The molecule has 2 rings (SSSR count). The number of sulfonamides is 1. The molecule has 1 heterocycles. The minimum atomic E-state index is -3.38. The largest absolute Gasteiger partial charge is 0.454 e. The molecule has 0 spiro atoms. The smallest absolute Gasteiger partial charge is 0.387 e. The lowest BCUT2D eigenvalue weighted by atomic mass is 10.1. The molecule has 0 saturated carbocycles. The summed E-state index contributed by atoms with van der Waals surface area (Å²) < 4.78 is 66.0. The van der Waals surface area contributed by atoms with Crippen LogP contribution in [0.3, 0.4) is 0 Å². The fourth-order valence-corrected chi connectivity index (χ4v) is 3.72. The van der Waals surface area contributed by atoms with Crippen molar-refractivity contribution < 1.29 is 31.4 Å². The summed E-state index contributed by atoms with van der Waals surface area (Å²) in [5, 5.41) is 6.05. The quantitative estimate of drug-likeness (QED) is 0.239. The first-order valence-corrected chi connectivity index (χ1v) is 10.8. The van der Waals surface area contributed by atoms with Crippen LogP contribution in [0.4, 0.5) is 8.78 Å². The van der Waals surface area contributed by atoms with Crippen LogP contribution >= 0.6 is 24.0 Å². The number of alkyl halides is 2. The highest BCUT2D eigenvalue weighted by Crippen LogP contribution is 2.39. The van der Waals surface area contributed by atoms with Crippen molar-refractivity contribution in [3.8, 4) is 17.2 Å². The molecule has 0 unspecified atom stereocenters. The first-order chi connectivity index (χ1) is 13.5. The number of guanidine groups is 1. The topological polar surface area (TPSA) is 110 Å². The lowest BCUT2D eigenvalue weighted by molar-refractivity contribution is -0.0505. The Balaban J connectivity index is 0.00000450. The van der Waals surface area contributed by atoms with Crippen LogP contribution < -0.4 is 29.6 Å². The van der Waals surface area contributed by atoms with E-state index in [4.69, 9.17) is 9.47 Å². The van der Waals surface area contributed by atoms with E-state index < -0.39 is 22.2 Å². The van der Waals surface area contributed by atoms with Gasteiger partial charge in [0.15, 0.2) is 17.5 Å². The normalized spacial score (nSPS) is 13.8. The van der Waals surface area contributed by atoms with E-state index in [0.29, 0.717) is 29.6 Å². The number of nitrogens with one attached hydrogen (secondary N) is 3. The first kappa shape index (κ1) is 26.4. The Hall–Kier alpha value is -1.61. The highest BCUT2D eigenvalue weighted by atomic mass is 127. The summed E-state index contributed by atoms with van der Waals surface area (Å²) in [7, 11) is -3.38. The summed E-state index contributed by atoms with van der Waals surface area (Å²) in [4.78, 5) is 4.37. The molecule has 0 fully saturated rings. The highest BCUT2D eigenvalue weighted by molar-refractivity contribution is 14.0. The second-order valence-electron chi connectivity index (χ2n) is 7.00. The number of benzene rings is 1. The summed E-state index contributed by atoms with van der Waals surface area (Å²) >= 11 is 0. The van der Waals surface area contributed by atoms with Crippen LogP contribution in [-0.2, 0) is 16.6 Å². The number of fused-ring (bicyclic) bond motifs is 1. The molecule has 0 radical (unpaired) electrons. The van der Waals surface area contributed by atoms with Crippen molar-refractivity contribution in [3.05, 3.63) is 17.7 Å². The fourth-order valence-electron chi connectivity index (χ4n) is 2.64. The van der Waals surface area contributed by atoms with E-state index in [-0.39, 0.29) is 49.6 Å². The van der Waals surface area contributed by atoms with Gasteiger partial charge in [0.05, 0.1) is 12.8 Å². The van der Waals surface area contributed by atoms with Crippen LogP contribution in [-0.4, -0.2) is 52.7 Å². The van der Waals surface area contributed by atoms with Gasteiger partial charge in [-0.3, -0.25) is 0 Å². The van der Waals surface area contributed by atoms with Crippen molar-refractivity contribution in [1.82, 2.24) is 15.4 Å². The molecule has 1 aromatic carbocycles. The molecule has 3 N–H and O–H groups in total. The fraction of sp³-hybridized carbons (Fsp3) is 0.588. The number of hydrogen-bond acceptors (Lipinski definition) is 6. The Morgan fingerprint density at radius 1 is 1.27 bits per heavy atom. The molecule has 172 valence electrons. The molecule has 1 aliphatic heterocycles. The van der Waals surface area contributed by atoms with Crippen molar-refractivity contribution in [3.63, 3.8) is 0 Å². The zero-order valence-electron chi connectivity index (χ0n) is 17.1. The standard InChI is InChI=1S/C17H26F2N4O5S.HI/c1-5-20-16(22-9-17(2,3)23-29(4,24)25)21-8-11-6-13-14(27-10-26-13)7-12(11)28-15(18)19;/h6-7,15,23H,5,8-10H2,1-4H3,(H2,20,21,22);1H. The molecule has 0 saturated heterocycles. The van der Waals surface area contributed by atoms with Crippen LogP contribution in [0, 0.1) is 0 Å². The zero-order valence-corrected chi connectivity index (χ0v) is 20.3. The second-order valence-corrected chi connectivity index (χ2v) is 8.75. The van der Waals surface area contributed by atoms with Crippen molar-refractivity contribution in [2.45, 2.75) is 39.5 Å². The maximum atomic E-state index is 12.7. The molecular formula is C17H27F2IN4O5S. The summed E-state index contributed by atoms with van der Waals surface area (Å²) in [6.07, 6.45) is 1.08. The van der Waals surface area contributed by atoms with E-state index >= 15 is 0 Å². The van der Waals surface area contributed by atoms with E-state index in [1.807, 2.05) is 6.92 Å². The summed E-state index contributed by atoms with van der Waals surface area (Å²) in [5.74, 6) is 1.08. The van der Waals surface area contributed by atoms with E-state index in [2.05, 4.69) is 25.1 Å². The molecule has 0 amide bonds. The van der Waals surface area contributed by atoms with Gasteiger partial charge in [0, 0.05) is 30.3 Å². The van der Waals surface area contributed by atoms with Gasteiger partial charge in [0.2, 0.25) is 16.8 Å². The van der Waals surface area contributed by atoms with Crippen LogP contribution in [0.25, 0.3) is 0 Å². The molecule has 1 aromatic rings. The van der Waals surface area contributed by atoms with E-state index in [1.165, 1.54) is 6.07 Å². The van der Waals surface area contributed by atoms with Gasteiger partial charge in [0.25, 0.3) is 0 Å². The molecule has 9 nitrogen and oxygen atoms in total. The third-order valence-corrected chi connectivity index (χ3v) is 4.61. The molecule has 13 heteroatoms. The predicted octanol–water partition coefficient (Wildman–Crippen LogP) is 2.02. The molecule has 0 atom stereocenters. The Morgan fingerprint density at radius 3 is 2.47 bits per heavy atom. The van der Waals surface area contributed by atoms with Gasteiger partial charge < -0.3 is 24.8 Å². The van der Waals surface area contributed by atoms with Crippen LogP contribution in [0.15, 0.2) is 17.1 Å². The summed E-state index contributed by atoms with van der Waals surface area (Å²) in [6, 6.07) is 2.89. The van der Waals surface area contributed by atoms with Gasteiger partial charge in [-0.25, -0.2) is 18.1 Å². The minimum Gasteiger partial charge on any atom is -0.454 e. The number of ether oxygens (including phenoxy) is 3. The molecule has 0 aromatic heterocycles. The van der Waals surface area contributed by atoms with Gasteiger partial charge in [-0.15, -0.1) is 24.0 Å². The van der Waals surface area contributed by atoms with Crippen LogP contribution in [0.2, 0.25) is 0 Å². The van der Waals surface area contributed by atoms with Crippen molar-refractivity contribution >= 4 is 40.0 Å². The van der Waals surface area contributed by atoms with E-state index in [1.54, 1.807) is 19.9 Å². The van der Waals surface area contributed by atoms with E-state index in [9.17, 15) is 17.2 Å². The molecular weight excluding hydrogens is 537 g/mol. The molecule has 30 heavy (non-hydrogen) atoms. The predicted molar refractivity (Wildman–Crippen MR) is 119 cm³/mol. The van der Waals surface area contributed by atoms with Gasteiger partial charge in [0.1, 0.15) is 5.75 Å². The number of halogens is 3. The Morgan fingerprint density at radius 2 is 1.90 bits per heavy atom. The van der Waals surface area contributed by atoms with Crippen molar-refractivity contribution in [2.24, 2.45) is 4.99 Å². The number of aliphatic imine (C=N–C) groups is 1. The maximum absolute atomic E-state index is 12.7. The van der Waals surface area contributed by atoms with Crippen LogP contribution in [0.5, 0.6) is 17.2 Å². The van der Waals surface area contributed by atoms with Crippen LogP contribution in [0.1, 0.15) is 26.3 Å². The summed E-state index contributed by atoms with van der Waals surface area (Å²) in [5.41, 5.74) is -0.382. The summed E-state index contributed by atoms with van der Waals surface area (Å²) in [6.45, 7) is 3.13. The third-order valence-electron chi connectivity index (χ3n) is 3.68. The minimum absolute atomic E-state index is 0. The number of nitrogens with zero attached hydrogens (tertiary/aromatic N) is 1. The Bertz CT molecular complexity index is 853. The lowest BCUT2D eigenvalue weighted by Crippen LogP contribution is -2.53. The van der Waals surface area contributed by atoms with Gasteiger partial charge in [-0.2, -0.15) is 8.78 Å².